The van der Waals surface area contributed by atoms with Crippen LogP contribution in [0.25, 0.3) is 0 Å². The highest BCUT2D eigenvalue weighted by Gasteiger charge is 2.42. The average Bonchev–Trinajstić information content (AvgIpc) is 3.22. The molecule has 1 aliphatic carbocycles. The first-order chi connectivity index (χ1) is 13.7. The number of rotatable bonds is 5. The molecule has 2 heterocycles. The van der Waals surface area contributed by atoms with E-state index in [9.17, 15) is 13.2 Å². The Morgan fingerprint density at radius 1 is 1.34 bits per heavy atom. The maximum Gasteiger partial charge on any atom is 0.252 e. The number of likely N-dealkylation sites (tertiary alicyclic amines) is 1. The Bertz CT molecular complexity index is 955. The van der Waals surface area contributed by atoms with Gasteiger partial charge in [0.1, 0.15) is 6.10 Å². The molecule has 0 aromatic heterocycles. The quantitative estimate of drug-likeness (QED) is 0.741. The van der Waals surface area contributed by atoms with Crippen molar-refractivity contribution in [3.8, 4) is 11.8 Å². The lowest BCUT2D eigenvalue weighted by molar-refractivity contribution is -0.157. The van der Waals surface area contributed by atoms with Crippen molar-refractivity contribution in [3.05, 3.63) is 35.4 Å². The Labute approximate surface area is 173 Å². The Balaban J connectivity index is 1.54. The van der Waals surface area contributed by atoms with Crippen molar-refractivity contribution in [2.24, 2.45) is 5.41 Å². The van der Waals surface area contributed by atoms with Crippen LogP contribution in [0.2, 0.25) is 0 Å². The zero-order valence-electron chi connectivity index (χ0n) is 17.0. The lowest BCUT2D eigenvalue weighted by Gasteiger charge is -2.34. The van der Waals surface area contributed by atoms with Gasteiger partial charge in [-0.05, 0) is 50.3 Å². The van der Waals surface area contributed by atoms with Crippen LogP contribution in [-0.4, -0.2) is 56.8 Å². The van der Waals surface area contributed by atoms with Crippen molar-refractivity contribution in [2.75, 3.05) is 19.4 Å². The number of hydrogen-bond acceptors (Lipinski definition) is 4. The van der Waals surface area contributed by atoms with Gasteiger partial charge in [-0.3, -0.25) is 4.79 Å². The van der Waals surface area contributed by atoms with Crippen LogP contribution in [-0.2, 0) is 26.0 Å². The van der Waals surface area contributed by atoms with Crippen molar-refractivity contribution in [1.82, 2.24) is 9.62 Å². The van der Waals surface area contributed by atoms with Crippen molar-refractivity contribution in [3.63, 3.8) is 0 Å². The monoisotopic (exact) mass is 416 g/mol. The molecule has 1 aromatic carbocycles. The van der Waals surface area contributed by atoms with E-state index in [-0.39, 0.29) is 29.5 Å². The molecule has 1 saturated carbocycles. The van der Waals surface area contributed by atoms with Gasteiger partial charge in [-0.25, -0.2) is 13.1 Å². The Hall–Kier alpha value is -1.88. The lowest BCUT2D eigenvalue weighted by atomic mass is 9.98. The van der Waals surface area contributed by atoms with Gasteiger partial charge in [0.2, 0.25) is 10.0 Å². The Morgan fingerprint density at radius 2 is 2.10 bits per heavy atom. The number of sulfonamides is 1. The smallest absolute Gasteiger partial charge is 0.252 e. The lowest BCUT2D eigenvalue weighted by Crippen LogP contribution is -2.52. The van der Waals surface area contributed by atoms with E-state index in [0.29, 0.717) is 26.0 Å². The summed E-state index contributed by atoms with van der Waals surface area (Å²) in [6.45, 7) is 3.32. The highest BCUT2D eigenvalue weighted by molar-refractivity contribution is 7.88. The Kier molecular flexibility index (Phi) is 5.45. The molecule has 0 bridgehead atoms. The van der Waals surface area contributed by atoms with Gasteiger partial charge in [-0.2, -0.15) is 0 Å². The summed E-state index contributed by atoms with van der Waals surface area (Å²) in [5, 5.41) is 0. The van der Waals surface area contributed by atoms with Crippen LogP contribution >= 0.6 is 0 Å². The standard InChI is InChI=1S/C22H28N2O4S/c1-22(10-11-22)9-6-16-4-3-5-17(14-16)15-19-18(23-29(2,26)27)7-12-24(19)21(25)20-8-13-28-20/h3-5,14,18-20,23H,7-8,10-13,15H2,1-2H3/t18-,19-,20+/m0/s1. The molecule has 0 spiro atoms. The van der Waals surface area contributed by atoms with Gasteiger partial charge in [0.25, 0.3) is 5.91 Å². The fraction of sp³-hybridized carbons (Fsp3) is 0.591. The molecule has 1 amide bonds. The number of carbonyl (C=O) groups excluding carboxylic acids is 1. The van der Waals surface area contributed by atoms with Crippen LogP contribution in [0.4, 0.5) is 0 Å². The maximum atomic E-state index is 12.8. The molecule has 156 valence electrons. The second-order valence-electron chi connectivity index (χ2n) is 8.75. The molecule has 4 rings (SSSR count). The zero-order valence-corrected chi connectivity index (χ0v) is 17.8. The van der Waals surface area contributed by atoms with E-state index in [1.54, 1.807) is 4.90 Å². The normalized spacial score (nSPS) is 27.7. The van der Waals surface area contributed by atoms with E-state index in [1.165, 1.54) is 0 Å². The van der Waals surface area contributed by atoms with Crippen LogP contribution in [0, 0.1) is 17.3 Å². The SMILES string of the molecule is CC1(C#Cc2cccc(C[C@H]3[C@@H](NS(C)(=O)=O)CCN3C(=O)[C@H]3CCO3)c2)CC1. The largest absolute Gasteiger partial charge is 0.368 e. The van der Waals surface area contributed by atoms with Crippen LogP contribution in [0.5, 0.6) is 0 Å². The molecule has 3 atom stereocenters. The molecule has 1 aromatic rings. The van der Waals surface area contributed by atoms with Gasteiger partial charge in [-0.15, -0.1) is 0 Å². The molecule has 7 heteroatoms. The first kappa shape index (κ1) is 20.4. The predicted molar refractivity (Wildman–Crippen MR) is 111 cm³/mol. The van der Waals surface area contributed by atoms with E-state index >= 15 is 0 Å². The van der Waals surface area contributed by atoms with E-state index in [4.69, 9.17) is 4.74 Å². The summed E-state index contributed by atoms with van der Waals surface area (Å²) in [5.41, 5.74) is 2.18. The van der Waals surface area contributed by atoms with E-state index in [0.717, 1.165) is 36.6 Å². The average molecular weight is 417 g/mol. The third-order valence-corrected chi connectivity index (χ3v) is 6.78. The topological polar surface area (TPSA) is 75.7 Å². The molecule has 0 radical (unpaired) electrons. The van der Waals surface area contributed by atoms with E-state index in [1.807, 2.05) is 18.2 Å². The summed E-state index contributed by atoms with van der Waals surface area (Å²) >= 11 is 0. The molecule has 2 aliphatic heterocycles. The number of carbonyl (C=O) groups is 1. The van der Waals surface area contributed by atoms with Crippen molar-refractivity contribution >= 4 is 15.9 Å². The summed E-state index contributed by atoms with van der Waals surface area (Å²) in [6, 6.07) is 7.51. The van der Waals surface area contributed by atoms with Crippen molar-refractivity contribution in [1.29, 1.82) is 0 Å². The number of amides is 1. The molecule has 3 aliphatic rings. The summed E-state index contributed by atoms with van der Waals surface area (Å²) in [4.78, 5) is 14.6. The fourth-order valence-electron chi connectivity index (χ4n) is 3.96. The molecular weight excluding hydrogens is 388 g/mol. The summed E-state index contributed by atoms with van der Waals surface area (Å²) in [7, 11) is -3.36. The minimum atomic E-state index is -3.36. The minimum Gasteiger partial charge on any atom is -0.368 e. The molecule has 6 nitrogen and oxygen atoms in total. The molecular formula is C22H28N2O4S. The van der Waals surface area contributed by atoms with Crippen LogP contribution in [0.15, 0.2) is 24.3 Å². The van der Waals surface area contributed by atoms with Gasteiger partial charge >= 0.3 is 0 Å². The second kappa shape index (κ2) is 7.75. The highest BCUT2D eigenvalue weighted by Crippen LogP contribution is 2.44. The molecule has 29 heavy (non-hydrogen) atoms. The van der Waals surface area contributed by atoms with Crippen molar-refractivity contribution in [2.45, 2.75) is 57.2 Å². The van der Waals surface area contributed by atoms with E-state index in [2.05, 4.69) is 29.6 Å². The number of ether oxygens (including phenoxy) is 1. The third kappa shape index (κ3) is 5.00. The molecule has 3 fully saturated rings. The van der Waals surface area contributed by atoms with E-state index < -0.39 is 10.0 Å². The fourth-order valence-corrected chi connectivity index (χ4v) is 4.79. The maximum absolute atomic E-state index is 12.8. The van der Waals surface area contributed by atoms with Gasteiger partial charge in [0.15, 0.2) is 0 Å². The van der Waals surface area contributed by atoms with Gasteiger partial charge in [0, 0.05) is 30.0 Å². The molecule has 1 N–H and O–H groups in total. The highest BCUT2D eigenvalue weighted by atomic mass is 32.2. The number of benzene rings is 1. The van der Waals surface area contributed by atoms with Crippen LogP contribution < -0.4 is 4.72 Å². The Morgan fingerprint density at radius 3 is 2.72 bits per heavy atom. The first-order valence-corrected chi connectivity index (χ1v) is 12.1. The summed E-state index contributed by atoms with van der Waals surface area (Å²) in [6.07, 6.45) is 5.01. The van der Waals surface area contributed by atoms with Crippen LogP contribution in [0.3, 0.4) is 0 Å². The van der Waals surface area contributed by atoms with Crippen molar-refractivity contribution < 1.29 is 17.9 Å². The zero-order chi connectivity index (χ0) is 20.6. The predicted octanol–water partition coefficient (Wildman–Crippen LogP) is 1.69. The third-order valence-electron chi connectivity index (χ3n) is 6.05. The first-order valence-electron chi connectivity index (χ1n) is 10.2. The molecule has 2 saturated heterocycles. The minimum absolute atomic E-state index is 0.0309. The van der Waals surface area contributed by atoms with Gasteiger partial charge < -0.3 is 9.64 Å². The summed E-state index contributed by atoms with van der Waals surface area (Å²) < 4.78 is 31.8. The number of hydrogen-bond donors (Lipinski definition) is 1. The number of nitrogens with zero attached hydrogens (tertiary/aromatic N) is 1. The van der Waals surface area contributed by atoms with Gasteiger partial charge in [-0.1, -0.05) is 24.0 Å². The molecule has 0 unspecified atom stereocenters. The van der Waals surface area contributed by atoms with Crippen LogP contribution in [0.1, 0.15) is 43.7 Å². The number of nitrogens with one attached hydrogen (secondary N) is 1. The second-order valence-corrected chi connectivity index (χ2v) is 10.5. The summed E-state index contributed by atoms with van der Waals surface area (Å²) in [5.74, 6) is 6.58. The van der Waals surface area contributed by atoms with Gasteiger partial charge in [0.05, 0.1) is 18.9 Å².